The number of rotatable bonds is 5. The van der Waals surface area contributed by atoms with Crippen LogP contribution in [-0.2, 0) is 11.3 Å². The minimum Gasteiger partial charge on any atom is -0.445 e. The van der Waals surface area contributed by atoms with Crippen molar-refractivity contribution in [2.24, 2.45) is 0 Å². The number of nitrogens with zero attached hydrogens (tertiary/aromatic N) is 1. The molecule has 0 atom stereocenters. The molecular formula is C19H21ClN2O2S. The van der Waals surface area contributed by atoms with Crippen molar-refractivity contribution in [3.8, 4) is 0 Å². The molecule has 6 heteroatoms. The Morgan fingerprint density at radius 3 is 2.72 bits per heavy atom. The van der Waals surface area contributed by atoms with Gasteiger partial charge in [0.1, 0.15) is 11.6 Å². The highest BCUT2D eigenvalue weighted by molar-refractivity contribution is 7.99. The highest BCUT2D eigenvalue weighted by Crippen LogP contribution is 2.29. The van der Waals surface area contributed by atoms with E-state index < -0.39 is 0 Å². The van der Waals surface area contributed by atoms with Crippen molar-refractivity contribution in [3.63, 3.8) is 0 Å². The number of nitrogens with one attached hydrogen (secondary N) is 1. The van der Waals surface area contributed by atoms with Gasteiger partial charge >= 0.3 is 6.09 Å². The maximum absolute atomic E-state index is 12.0. The number of alkyl carbamates (subject to hydrolysis) is 1. The molecule has 0 saturated heterocycles. The molecule has 1 amide bonds. The summed E-state index contributed by atoms with van der Waals surface area (Å²) in [6.07, 6.45) is 7.08. The number of carbonyl (C=O) groups is 1. The number of ether oxygens (including phenoxy) is 1. The fraction of sp³-hybridized carbons (Fsp3) is 0.368. The molecule has 0 spiro atoms. The van der Waals surface area contributed by atoms with Crippen molar-refractivity contribution in [2.45, 2.75) is 54.7 Å². The van der Waals surface area contributed by atoms with Gasteiger partial charge in [0.05, 0.1) is 0 Å². The summed E-state index contributed by atoms with van der Waals surface area (Å²) in [6.45, 7) is 0.211. The van der Waals surface area contributed by atoms with Crippen molar-refractivity contribution < 1.29 is 9.53 Å². The van der Waals surface area contributed by atoms with Crippen LogP contribution in [0.5, 0.6) is 0 Å². The molecular weight excluding hydrogens is 356 g/mol. The van der Waals surface area contributed by atoms with Gasteiger partial charge in [-0.2, -0.15) is 0 Å². The van der Waals surface area contributed by atoms with Crippen LogP contribution in [0.25, 0.3) is 0 Å². The molecule has 1 saturated carbocycles. The largest absolute Gasteiger partial charge is 0.445 e. The minimum atomic E-state index is -0.349. The Balaban J connectivity index is 1.56. The van der Waals surface area contributed by atoms with Gasteiger partial charge in [-0.15, -0.1) is 0 Å². The zero-order chi connectivity index (χ0) is 17.5. The molecule has 0 aliphatic heterocycles. The summed E-state index contributed by atoms with van der Waals surface area (Å²) in [5.41, 5.74) is 0.890. The van der Waals surface area contributed by atoms with Crippen molar-refractivity contribution in [2.75, 3.05) is 0 Å². The van der Waals surface area contributed by atoms with Crippen molar-refractivity contribution in [3.05, 3.63) is 53.2 Å². The fourth-order valence-corrected chi connectivity index (χ4v) is 3.83. The summed E-state index contributed by atoms with van der Waals surface area (Å²) in [4.78, 5) is 17.5. The molecule has 25 heavy (non-hydrogen) atoms. The number of amides is 1. The van der Waals surface area contributed by atoms with Gasteiger partial charge in [0.25, 0.3) is 0 Å². The smallest absolute Gasteiger partial charge is 0.407 e. The summed E-state index contributed by atoms with van der Waals surface area (Å²) < 4.78 is 5.40. The molecule has 0 unspecified atom stereocenters. The van der Waals surface area contributed by atoms with Crippen molar-refractivity contribution in [1.29, 1.82) is 0 Å². The van der Waals surface area contributed by atoms with Crippen LogP contribution in [0.1, 0.15) is 37.7 Å². The highest BCUT2D eigenvalue weighted by atomic mass is 35.5. The van der Waals surface area contributed by atoms with Gasteiger partial charge in [0, 0.05) is 27.7 Å². The molecule has 3 rings (SSSR count). The molecule has 1 fully saturated rings. The topological polar surface area (TPSA) is 51.2 Å². The van der Waals surface area contributed by atoms with Crippen LogP contribution >= 0.6 is 23.4 Å². The average Bonchev–Trinajstić information content (AvgIpc) is 2.64. The highest BCUT2D eigenvalue weighted by Gasteiger charge is 2.16. The Hall–Kier alpha value is -1.72. The lowest BCUT2D eigenvalue weighted by Crippen LogP contribution is -2.36. The van der Waals surface area contributed by atoms with Gasteiger partial charge in [-0.05, 0) is 43.2 Å². The summed E-state index contributed by atoms with van der Waals surface area (Å²) >= 11 is 7.45. The number of aromatic nitrogens is 1. The van der Waals surface area contributed by atoms with Gasteiger partial charge in [0.15, 0.2) is 0 Å². The van der Waals surface area contributed by atoms with Gasteiger partial charge in [0.2, 0.25) is 0 Å². The van der Waals surface area contributed by atoms with E-state index in [9.17, 15) is 4.79 Å². The van der Waals surface area contributed by atoms with E-state index in [1.807, 2.05) is 36.4 Å². The summed E-state index contributed by atoms with van der Waals surface area (Å²) in [7, 11) is 0. The lowest BCUT2D eigenvalue weighted by atomic mass is 9.96. The van der Waals surface area contributed by atoms with E-state index in [2.05, 4.69) is 10.3 Å². The maximum atomic E-state index is 12.0. The number of pyridine rings is 1. The zero-order valence-electron chi connectivity index (χ0n) is 13.9. The summed E-state index contributed by atoms with van der Waals surface area (Å²) in [5.74, 6) is 0. The van der Waals surface area contributed by atoms with Crippen LogP contribution in [0.15, 0.2) is 52.5 Å². The van der Waals surface area contributed by atoms with Crippen LogP contribution in [0.4, 0.5) is 4.79 Å². The lowest BCUT2D eigenvalue weighted by molar-refractivity contribution is 0.132. The number of hydrogen-bond acceptors (Lipinski definition) is 4. The Labute approximate surface area is 157 Å². The Kier molecular flexibility index (Phi) is 6.59. The first-order valence-corrected chi connectivity index (χ1v) is 9.71. The number of carbonyl (C=O) groups excluding carboxylic acids is 1. The second-order valence-electron chi connectivity index (χ2n) is 6.08. The monoisotopic (exact) mass is 376 g/mol. The zero-order valence-corrected chi connectivity index (χ0v) is 15.5. The Morgan fingerprint density at radius 1 is 1.20 bits per heavy atom. The van der Waals surface area contributed by atoms with E-state index in [1.54, 1.807) is 6.20 Å². The third-order valence-corrected chi connectivity index (χ3v) is 5.48. The molecule has 1 N–H and O–H groups in total. The van der Waals surface area contributed by atoms with Crippen LogP contribution < -0.4 is 5.32 Å². The molecule has 2 aromatic rings. The fourth-order valence-electron chi connectivity index (χ4n) is 2.84. The first-order valence-electron chi connectivity index (χ1n) is 8.51. The molecule has 0 bridgehead atoms. The quantitative estimate of drug-likeness (QED) is 0.754. The second-order valence-corrected chi connectivity index (χ2v) is 7.58. The third-order valence-electron chi connectivity index (χ3n) is 4.16. The molecule has 1 aliphatic carbocycles. The number of benzene rings is 1. The third kappa shape index (κ3) is 5.65. The van der Waals surface area contributed by atoms with E-state index in [0.29, 0.717) is 5.02 Å². The number of halogens is 1. The lowest BCUT2D eigenvalue weighted by Gasteiger charge is -2.22. The van der Waals surface area contributed by atoms with Crippen molar-refractivity contribution in [1.82, 2.24) is 10.3 Å². The van der Waals surface area contributed by atoms with Gasteiger partial charge in [-0.25, -0.2) is 9.78 Å². The van der Waals surface area contributed by atoms with Crippen LogP contribution in [-0.4, -0.2) is 17.1 Å². The predicted octanol–water partition coefficient (Wildman–Crippen LogP) is 5.45. The standard InChI is InChI=1S/C19H21ClN2O2S/c20-15-8-10-17(11-9-15)25-18-14(5-4-12-21-18)13-24-19(23)22-16-6-2-1-3-7-16/h4-5,8-12,16H,1-3,6-7,13H2,(H,22,23). The van der Waals surface area contributed by atoms with Crippen molar-refractivity contribution >= 4 is 29.5 Å². The minimum absolute atomic E-state index is 0.211. The number of hydrogen-bond donors (Lipinski definition) is 1. The van der Waals surface area contributed by atoms with E-state index in [0.717, 1.165) is 28.3 Å². The SMILES string of the molecule is O=C(NC1CCCCC1)OCc1cccnc1Sc1ccc(Cl)cc1. The Bertz CT molecular complexity index is 703. The molecule has 1 aliphatic rings. The van der Waals surface area contributed by atoms with Crippen LogP contribution in [0, 0.1) is 0 Å². The first kappa shape index (κ1) is 18.1. The summed E-state index contributed by atoms with van der Waals surface area (Å²) in [6, 6.07) is 11.6. The summed E-state index contributed by atoms with van der Waals surface area (Å²) in [5, 5.41) is 4.49. The molecule has 1 aromatic carbocycles. The first-order chi connectivity index (χ1) is 12.2. The maximum Gasteiger partial charge on any atom is 0.407 e. The normalized spacial score (nSPS) is 14.9. The van der Waals surface area contributed by atoms with Crippen LogP contribution in [0.2, 0.25) is 5.02 Å². The van der Waals surface area contributed by atoms with E-state index in [4.69, 9.17) is 16.3 Å². The van der Waals surface area contributed by atoms with Gasteiger partial charge in [-0.1, -0.05) is 48.7 Å². The average molecular weight is 377 g/mol. The van der Waals surface area contributed by atoms with E-state index >= 15 is 0 Å². The molecule has 1 aromatic heterocycles. The van der Waals surface area contributed by atoms with Gasteiger partial charge < -0.3 is 10.1 Å². The van der Waals surface area contributed by atoms with E-state index in [-0.39, 0.29) is 18.7 Å². The molecule has 4 nitrogen and oxygen atoms in total. The molecule has 1 heterocycles. The van der Waals surface area contributed by atoms with E-state index in [1.165, 1.54) is 31.0 Å². The predicted molar refractivity (Wildman–Crippen MR) is 100 cm³/mol. The van der Waals surface area contributed by atoms with Gasteiger partial charge in [-0.3, -0.25) is 0 Å². The second kappa shape index (κ2) is 9.11. The molecule has 132 valence electrons. The molecule has 0 radical (unpaired) electrons. The Morgan fingerprint density at radius 2 is 1.96 bits per heavy atom. The van der Waals surface area contributed by atoms with Crippen LogP contribution in [0.3, 0.4) is 0 Å².